The van der Waals surface area contributed by atoms with Crippen molar-refractivity contribution >= 4 is 0 Å². The molecule has 0 saturated heterocycles. The van der Waals surface area contributed by atoms with Crippen LogP contribution in [0.25, 0.3) is 0 Å². The van der Waals surface area contributed by atoms with Gasteiger partial charge in [-0.05, 0) is 36.3 Å². The lowest BCUT2D eigenvalue weighted by atomic mass is 9.60. The summed E-state index contributed by atoms with van der Waals surface area (Å²) in [5.41, 5.74) is 5.21. The molecule has 1 saturated carbocycles. The molecule has 1 unspecified atom stereocenters. The molecule has 0 nitrogen and oxygen atoms in total. The highest BCUT2D eigenvalue weighted by Gasteiger charge is 2.39. The van der Waals surface area contributed by atoms with Crippen molar-refractivity contribution in [1.82, 2.24) is 0 Å². The molecule has 0 radical (unpaired) electrons. The van der Waals surface area contributed by atoms with Crippen LogP contribution in [0, 0.1) is 11.3 Å². The van der Waals surface area contributed by atoms with Crippen LogP contribution in [0.15, 0.2) is 17.4 Å². The van der Waals surface area contributed by atoms with E-state index in [2.05, 4.69) is 26.5 Å². The molecule has 0 N–H and O–H groups in total. The Balaban J connectivity index is 2.82. The predicted molar refractivity (Wildman–Crippen MR) is 44.8 cm³/mol. The first kappa shape index (κ1) is 7.63. The van der Waals surface area contributed by atoms with Crippen molar-refractivity contribution in [3.63, 3.8) is 0 Å². The van der Waals surface area contributed by atoms with E-state index >= 15 is 0 Å². The number of allylic oxidation sites excluding steroid dienone is 1. The third kappa shape index (κ3) is 0.932. The van der Waals surface area contributed by atoms with Gasteiger partial charge in [0, 0.05) is 0 Å². The van der Waals surface area contributed by atoms with Crippen LogP contribution in [0.2, 0.25) is 0 Å². The smallest absolute Gasteiger partial charge is 0.00400 e. The Bertz CT molecular complexity index is 190. The van der Waals surface area contributed by atoms with E-state index in [4.69, 9.17) is 0 Å². The van der Waals surface area contributed by atoms with E-state index in [0.29, 0.717) is 5.41 Å². The molecule has 10 heavy (non-hydrogen) atoms. The number of hydrogen-bond donors (Lipinski definition) is 0. The van der Waals surface area contributed by atoms with E-state index in [1.807, 2.05) is 13.0 Å². The van der Waals surface area contributed by atoms with Crippen LogP contribution in [0.4, 0.5) is 0 Å². The maximum Gasteiger partial charge on any atom is -0.00400 e. The monoisotopic (exact) mass is 136 g/mol. The normalized spacial score (nSPS) is 28.8. The minimum Gasteiger partial charge on any atom is -0.126 e. The van der Waals surface area contributed by atoms with Crippen molar-refractivity contribution in [3.8, 4) is 0 Å². The Morgan fingerprint density at radius 3 is 2.50 bits per heavy atom. The van der Waals surface area contributed by atoms with Crippen molar-refractivity contribution in [2.45, 2.75) is 34.1 Å². The Kier molecular flexibility index (Phi) is 1.74. The third-order valence-corrected chi connectivity index (χ3v) is 2.84. The summed E-state index contributed by atoms with van der Waals surface area (Å²) in [5.74, 6) is 0.843. The van der Waals surface area contributed by atoms with E-state index in [1.165, 1.54) is 12.0 Å². The van der Waals surface area contributed by atoms with Gasteiger partial charge in [0.15, 0.2) is 0 Å². The molecule has 1 rings (SSSR count). The van der Waals surface area contributed by atoms with Gasteiger partial charge in [-0.3, -0.25) is 0 Å². The number of rotatable bonds is 0. The van der Waals surface area contributed by atoms with Crippen molar-refractivity contribution in [3.05, 3.63) is 17.4 Å². The van der Waals surface area contributed by atoms with E-state index in [9.17, 15) is 0 Å². The maximum atomic E-state index is 3.29. The topological polar surface area (TPSA) is 0 Å². The summed E-state index contributed by atoms with van der Waals surface area (Å²) in [6.45, 7) is 8.94. The fourth-order valence-electron chi connectivity index (χ4n) is 1.41. The molecular formula is C10H16. The molecule has 0 heteroatoms. The van der Waals surface area contributed by atoms with Crippen LogP contribution in [0.5, 0.6) is 0 Å². The zero-order valence-corrected chi connectivity index (χ0v) is 7.36. The van der Waals surface area contributed by atoms with Crippen LogP contribution in [-0.4, -0.2) is 0 Å². The molecule has 1 fully saturated rings. The van der Waals surface area contributed by atoms with Gasteiger partial charge in [0.25, 0.3) is 0 Å². The van der Waals surface area contributed by atoms with Gasteiger partial charge >= 0.3 is 0 Å². The average molecular weight is 136 g/mol. The molecule has 0 aromatic heterocycles. The second-order valence-corrected chi connectivity index (χ2v) is 3.74. The molecule has 0 spiro atoms. The van der Waals surface area contributed by atoms with Gasteiger partial charge in [0.2, 0.25) is 0 Å². The minimum absolute atomic E-state index is 0.423. The molecule has 0 amide bonds. The van der Waals surface area contributed by atoms with Crippen molar-refractivity contribution in [1.29, 1.82) is 0 Å². The minimum atomic E-state index is 0.423. The molecule has 0 bridgehead atoms. The van der Waals surface area contributed by atoms with Gasteiger partial charge in [-0.2, -0.15) is 0 Å². The average Bonchev–Trinajstić information content (AvgIpc) is 1.88. The summed E-state index contributed by atoms with van der Waals surface area (Å²) in [6, 6.07) is 0. The predicted octanol–water partition coefficient (Wildman–Crippen LogP) is 3.15. The highest BCUT2D eigenvalue weighted by Crippen LogP contribution is 2.49. The quantitative estimate of drug-likeness (QED) is 0.449. The molecule has 1 aliphatic rings. The van der Waals surface area contributed by atoms with Crippen LogP contribution in [0.3, 0.4) is 0 Å². The molecule has 1 aliphatic carbocycles. The van der Waals surface area contributed by atoms with E-state index in [-0.39, 0.29) is 0 Å². The lowest BCUT2D eigenvalue weighted by molar-refractivity contribution is 0.187. The van der Waals surface area contributed by atoms with Crippen LogP contribution >= 0.6 is 0 Å². The van der Waals surface area contributed by atoms with E-state index in [0.717, 1.165) is 5.92 Å². The molecule has 0 aromatic carbocycles. The lowest BCUT2D eigenvalue weighted by Gasteiger charge is -2.44. The first-order valence-electron chi connectivity index (χ1n) is 3.99. The Labute approximate surface area is 63.6 Å². The Morgan fingerprint density at radius 1 is 1.60 bits per heavy atom. The zero-order valence-electron chi connectivity index (χ0n) is 7.36. The zero-order chi connectivity index (χ0) is 7.78. The summed E-state index contributed by atoms with van der Waals surface area (Å²) in [6.07, 6.45) is 3.26. The molecule has 0 aliphatic heterocycles. The van der Waals surface area contributed by atoms with Gasteiger partial charge in [-0.15, -0.1) is 5.73 Å². The summed E-state index contributed by atoms with van der Waals surface area (Å²) in [4.78, 5) is 0. The summed E-state index contributed by atoms with van der Waals surface area (Å²) < 4.78 is 0. The van der Waals surface area contributed by atoms with Gasteiger partial charge in [0.05, 0.1) is 0 Å². The molecular weight excluding hydrogens is 120 g/mol. The summed E-state index contributed by atoms with van der Waals surface area (Å²) in [5, 5.41) is 0. The van der Waals surface area contributed by atoms with Crippen LogP contribution < -0.4 is 0 Å². The molecule has 0 aromatic rings. The molecule has 56 valence electrons. The van der Waals surface area contributed by atoms with Crippen molar-refractivity contribution in [2.75, 3.05) is 0 Å². The second kappa shape index (κ2) is 2.29. The largest absolute Gasteiger partial charge is 0.126 e. The SMILES string of the molecule is CC=C=C1CC(C)C1(C)C. The second-order valence-electron chi connectivity index (χ2n) is 3.74. The third-order valence-electron chi connectivity index (χ3n) is 2.84. The highest BCUT2D eigenvalue weighted by atomic mass is 14.4. The first-order chi connectivity index (χ1) is 4.59. The van der Waals surface area contributed by atoms with E-state index < -0.39 is 0 Å². The van der Waals surface area contributed by atoms with Crippen molar-refractivity contribution < 1.29 is 0 Å². The summed E-state index contributed by atoms with van der Waals surface area (Å²) >= 11 is 0. The fraction of sp³-hybridized carbons (Fsp3) is 0.700. The highest BCUT2D eigenvalue weighted by molar-refractivity contribution is 5.22. The Morgan fingerprint density at radius 2 is 2.20 bits per heavy atom. The maximum absolute atomic E-state index is 3.29. The van der Waals surface area contributed by atoms with Crippen LogP contribution in [-0.2, 0) is 0 Å². The van der Waals surface area contributed by atoms with E-state index in [1.54, 1.807) is 0 Å². The van der Waals surface area contributed by atoms with Gasteiger partial charge in [0.1, 0.15) is 0 Å². The number of hydrogen-bond acceptors (Lipinski definition) is 0. The van der Waals surface area contributed by atoms with Crippen LogP contribution in [0.1, 0.15) is 34.1 Å². The Hall–Kier alpha value is -0.480. The fourth-order valence-corrected chi connectivity index (χ4v) is 1.41. The summed E-state index contributed by atoms with van der Waals surface area (Å²) in [7, 11) is 0. The first-order valence-corrected chi connectivity index (χ1v) is 3.99. The molecule has 1 atom stereocenters. The molecule has 0 heterocycles. The van der Waals surface area contributed by atoms with Gasteiger partial charge < -0.3 is 0 Å². The van der Waals surface area contributed by atoms with Gasteiger partial charge in [-0.25, -0.2) is 0 Å². The standard InChI is InChI=1S/C10H16/c1-5-6-9-7-8(2)10(9,3)4/h5,8H,7H2,1-4H3. The van der Waals surface area contributed by atoms with Crippen molar-refractivity contribution in [2.24, 2.45) is 11.3 Å². The van der Waals surface area contributed by atoms with Gasteiger partial charge in [-0.1, -0.05) is 20.8 Å². The lowest BCUT2D eigenvalue weighted by Crippen LogP contribution is -2.34.